The van der Waals surface area contributed by atoms with Crippen molar-refractivity contribution in [3.63, 3.8) is 0 Å². The van der Waals surface area contributed by atoms with Crippen LogP contribution in [0.3, 0.4) is 0 Å². The molecule has 3 aromatic rings. The maximum absolute atomic E-state index is 12.9. The van der Waals surface area contributed by atoms with Crippen LogP contribution in [0.5, 0.6) is 11.5 Å². The number of rotatable bonds is 10. The summed E-state index contributed by atoms with van der Waals surface area (Å²) in [5, 5.41) is 3.19. The molecule has 0 heterocycles. The average molecular weight is 478 g/mol. The van der Waals surface area contributed by atoms with Crippen LogP contribution in [0.1, 0.15) is 41.8 Å². The van der Waals surface area contributed by atoms with E-state index in [2.05, 4.69) is 19.2 Å². The van der Waals surface area contributed by atoms with E-state index in [4.69, 9.17) is 21.1 Å². The molecule has 34 heavy (non-hydrogen) atoms. The fraction of sp³-hybridized carbons (Fsp3) is 0.214. The SMILES string of the molecule is COc1cc(/C=C/C(=O)Nc2ccc(Cl)cc2C(=O)c2ccccc2)ccc1OCCC(C)C. The van der Waals surface area contributed by atoms with Crippen LogP contribution >= 0.6 is 11.6 Å². The smallest absolute Gasteiger partial charge is 0.248 e. The van der Waals surface area contributed by atoms with Gasteiger partial charge < -0.3 is 14.8 Å². The molecule has 0 radical (unpaired) electrons. The van der Waals surface area contributed by atoms with Crippen molar-refractivity contribution in [3.05, 3.63) is 94.5 Å². The van der Waals surface area contributed by atoms with Gasteiger partial charge in [0.1, 0.15) is 0 Å². The van der Waals surface area contributed by atoms with Gasteiger partial charge in [0.2, 0.25) is 5.91 Å². The highest BCUT2D eigenvalue weighted by atomic mass is 35.5. The molecule has 0 aliphatic rings. The number of benzene rings is 3. The number of hydrogen-bond donors (Lipinski definition) is 1. The Hall–Kier alpha value is -3.57. The number of halogens is 1. The largest absolute Gasteiger partial charge is 0.493 e. The second kappa shape index (κ2) is 12.1. The first-order chi connectivity index (χ1) is 16.4. The van der Waals surface area contributed by atoms with Crippen molar-refractivity contribution in [3.8, 4) is 11.5 Å². The van der Waals surface area contributed by atoms with E-state index in [9.17, 15) is 9.59 Å². The van der Waals surface area contributed by atoms with Crippen molar-refractivity contribution in [1.82, 2.24) is 0 Å². The third-order valence-corrected chi connectivity index (χ3v) is 5.32. The van der Waals surface area contributed by atoms with Crippen LogP contribution in [-0.2, 0) is 4.79 Å². The van der Waals surface area contributed by atoms with E-state index in [1.807, 2.05) is 18.2 Å². The summed E-state index contributed by atoms with van der Waals surface area (Å²) < 4.78 is 11.2. The topological polar surface area (TPSA) is 64.6 Å². The maximum atomic E-state index is 12.9. The van der Waals surface area contributed by atoms with Gasteiger partial charge in [0, 0.05) is 22.2 Å². The molecule has 0 bridgehead atoms. The average Bonchev–Trinajstić information content (AvgIpc) is 2.84. The molecular weight excluding hydrogens is 450 g/mol. The molecule has 0 spiro atoms. The third-order valence-electron chi connectivity index (χ3n) is 5.09. The highest BCUT2D eigenvalue weighted by Crippen LogP contribution is 2.29. The van der Waals surface area contributed by atoms with Crippen LogP contribution in [-0.4, -0.2) is 25.4 Å². The van der Waals surface area contributed by atoms with Crippen molar-refractivity contribution in [2.75, 3.05) is 19.0 Å². The van der Waals surface area contributed by atoms with Gasteiger partial charge in [-0.1, -0.05) is 61.8 Å². The highest BCUT2D eigenvalue weighted by molar-refractivity contribution is 6.31. The fourth-order valence-electron chi connectivity index (χ4n) is 3.22. The number of ketones is 1. The lowest BCUT2D eigenvalue weighted by Crippen LogP contribution is -2.12. The number of carbonyl (C=O) groups is 2. The van der Waals surface area contributed by atoms with Crippen LogP contribution in [0.4, 0.5) is 5.69 Å². The first kappa shape index (κ1) is 25.1. The molecule has 176 valence electrons. The Kier molecular flexibility index (Phi) is 8.88. The zero-order valence-corrected chi connectivity index (χ0v) is 20.3. The molecule has 1 N–H and O–H groups in total. The van der Waals surface area contributed by atoms with Gasteiger partial charge in [-0.3, -0.25) is 9.59 Å². The Balaban J connectivity index is 1.72. The lowest BCUT2D eigenvalue weighted by atomic mass is 10.0. The van der Waals surface area contributed by atoms with Crippen LogP contribution in [0.15, 0.2) is 72.8 Å². The lowest BCUT2D eigenvalue weighted by molar-refractivity contribution is -0.111. The van der Waals surface area contributed by atoms with Crippen molar-refractivity contribution >= 4 is 35.1 Å². The summed E-state index contributed by atoms with van der Waals surface area (Å²) in [6.45, 7) is 4.89. The van der Waals surface area contributed by atoms with Gasteiger partial charge in [0.15, 0.2) is 17.3 Å². The van der Waals surface area contributed by atoms with Gasteiger partial charge in [-0.25, -0.2) is 0 Å². The van der Waals surface area contributed by atoms with Crippen LogP contribution in [0, 0.1) is 5.92 Å². The Morgan fingerprint density at radius 3 is 2.47 bits per heavy atom. The minimum absolute atomic E-state index is 0.222. The van der Waals surface area contributed by atoms with E-state index in [-0.39, 0.29) is 11.7 Å². The molecule has 0 aliphatic heterocycles. The summed E-state index contributed by atoms with van der Waals surface area (Å²) >= 11 is 6.11. The molecule has 0 saturated heterocycles. The zero-order chi connectivity index (χ0) is 24.5. The van der Waals surface area contributed by atoms with Gasteiger partial charge in [0.25, 0.3) is 0 Å². The molecule has 3 rings (SSSR count). The number of hydrogen-bond acceptors (Lipinski definition) is 4. The van der Waals surface area contributed by atoms with E-state index >= 15 is 0 Å². The number of anilines is 1. The number of amides is 1. The standard InChI is InChI=1S/C28H28ClNO4/c1-19(2)15-16-34-25-13-9-20(17-26(25)33-3)10-14-27(31)30-24-12-11-22(29)18-23(24)28(32)21-7-5-4-6-8-21/h4-14,17-19H,15-16H2,1-3H3,(H,30,31)/b14-10+. The summed E-state index contributed by atoms with van der Waals surface area (Å²) in [7, 11) is 1.58. The van der Waals surface area contributed by atoms with E-state index in [1.165, 1.54) is 6.08 Å². The Morgan fingerprint density at radius 1 is 1.00 bits per heavy atom. The second-order valence-corrected chi connectivity index (χ2v) is 8.59. The van der Waals surface area contributed by atoms with Crippen LogP contribution < -0.4 is 14.8 Å². The predicted molar refractivity (Wildman–Crippen MR) is 137 cm³/mol. The Bertz CT molecular complexity index is 1170. The number of carbonyl (C=O) groups excluding carboxylic acids is 2. The van der Waals surface area contributed by atoms with Crippen molar-refractivity contribution in [2.24, 2.45) is 5.92 Å². The molecule has 6 heteroatoms. The number of ether oxygens (including phenoxy) is 2. The van der Waals surface area contributed by atoms with Crippen molar-refractivity contribution in [1.29, 1.82) is 0 Å². The predicted octanol–water partition coefficient (Wildman–Crippen LogP) is 6.66. The highest BCUT2D eigenvalue weighted by Gasteiger charge is 2.15. The van der Waals surface area contributed by atoms with Crippen molar-refractivity contribution in [2.45, 2.75) is 20.3 Å². The molecule has 0 aromatic heterocycles. The maximum Gasteiger partial charge on any atom is 0.248 e. The Labute approximate surface area is 205 Å². The van der Waals surface area contributed by atoms with E-state index in [0.717, 1.165) is 12.0 Å². The van der Waals surface area contributed by atoms with Crippen LogP contribution in [0.25, 0.3) is 6.08 Å². The van der Waals surface area contributed by atoms with Gasteiger partial charge in [-0.05, 0) is 54.3 Å². The molecule has 3 aromatic carbocycles. The normalized spacial score (nSPS) is 11.0. The van der Waals surface area contributed by atoms with Gasteiger partial charge in [-0.15, -0.1) is 0 Å². The molecule has 1 amide bonds. The van der Waals surface area contributed by atoms with Gasteiger partial charge in [0.05, 0.1) is 19.4 Å². The summed E-state index contributed by atoms with van der Waals surface area (Å²) in [4.78, 5) is 25.6. The molecule has 0 atom stereocenters. The number of methoxy groups -OCH3 is 1. The second-order valence-electron chi connectivity index (χ2n) is 8.15. The molecule has 0 aliphatic carbocycles. The molecule has 0 fully saturated rings. The summed E-state index contributed by atoms with van der Waals surface area (Å²) in [6, 6.07) is 19.1. The van der Waals surface area contributed by atoms with E-state index in [0.29, 0.717) is 45.9 Å². The molecular formula is C28H28ClNO4. The van der Waals surface area contributed by atoms with Gasteiger partial charge in [-0.2, -0.15) is 0 Å². The van der Waals surface area contributed by atoms with Crippen LogP contribution in [0.2, 0.25) is 5.02 Å². The summed E-state index contributed by atoms with van der Waals surface area (Å²) in [5.41, 5.74) is 2.00. The van der Waals surface area contributed by atoms with Gasteiger partial charge >= 0.3 is 0 Å². The zero-order valence-electron chi connectivity index (χ0n) is 19.5. The first-order valence-electron chi connectivity index (χ1n) is 11.1. The lowest BCUT2D eigenvalue weighted by Gasteiger charge is -2.12. The Morgan fingerprint density at radius 2 is 1.76 bits per heavy atom. The van der Waals surface area contributed by atoms with Crippen molar-refractivity contribution < 1.29 is 19.1 Å². The molecule has 5 nitrogen and oxygen atoms in total. The summed E-state index contributed by atoms with van der Waals surface area (Å²) in [6.07, 6.45) is 4.02. The quantitative estimate of drug-likeness (QED) is 0.262. The minimum Gasteiger partial charge on any atom is -0.493 e. The van der Waals surface area contributed by atoms with E-state index < -0.39 is 0 Å². The molecule has 0 saturated carbocycles. The first-order valence-corrected chi connectivity index (χ1v) is 11.4. The molecule has 0 unspecified atom stereocenters. The summed E-state index contributed by atoms with van der Waals surface area (Å²) in [5.74, 6) is 1.21. The third kappa shape index (κ3) is 6.96. The van der Waals surface area contributed by atoms with E-state index in [1.54, 1.807) is 61.7 Å². The monoisotopic (exact) mass is 477 g/mol. The minimum atomic E-state index is -0.374. The fourth-order valence-corrected chi connectivity index (χ4v) is 3.39. The number of nitrogens with one attached hydrogen (secondary N) is 1.